The Hall–Kier alpha value is -2.90. The maximum absolute atomic E-state index is 10.9. The van der Waals surface area contributed by atoms with Gasteiger partial charge in [0.15, 0.2) is 0 Å². The SMILES string of the molecule is C.C.C.CC(=O)N(C)C.CC(=O)N(C)c1ccccc1.CCCN(C)C(C)=O.CNC(C)=O. The molecule has 0 fully saturated rings. The van der Waals surface area contributed by atoms with Crippen molar-refractivity contribution in [2.24, 2.45) is 0 Å². The molecule has 1 N–H and O–H groups in total. The van der Waals surface area contributed by atoms with Crippen LogP contribution in [-0.2, 0) is 19.2 Å². The fraction of sp³-hybridized carbons (Fsp3) is 0.600. The van der Waals surface area contributed by atoms with Gasteiger partial charge in [-0.2, -0.15) is 0 Å². The van der Waals surface area contributed by atoms with Crippen LogP contribution in [0.25, 0.3) is 0 Å². The number of nitrogens with zero attached hydrogens (tertiary/aromatic N) is 3. The van der Waals surface area contributed by atoms with Crippen LogP contribution in [0.1, 0.15) is 63.3 Å². The van der Waals surface area contributed by atoms with Crippen LogP contribution in [0, 0.1) is 0 Å². The normalized spacial score (nSPS) is 7.70. The first-order valence-corrected chi connectivity index (χ1v) is 9.68. The maximum atomic E-state index is 10.9. The van der Waals surface area contributed by atoms with Crippen LogP contribution in [0.15, 0.2) is 30.3 Å². The Kier molecular flexibility index (Phi) is 36.1. The summed E-state index contributed by atoms with van der Waals surface area (Å²) < 4.78 is 0. The Balaban J connectivity index is -0.0000000748. The third-order valence-electron chi connectivity index (χ3n) is 3.69. The first-order chi connectivity index (χ1) is 13.8. The quantitative estimate of drug-likeness (QED) is 0.710. The summed E-state index contributed by atoms with van der Waals surface area (Å²) in [7, 11) is 8.62. The lowest BCUT2D eigenvalue weighted by Crippen LogP contribution is -2.24. The number of benzene rings is 1. The van der Waals surface area contributed by atoms with Crippen molar-refractivity contribution in [3.8, 4) is 0 Å². The molecule has 8 nitrogen and oxygen atoms in total. The van der Waals surface area contributed by atoms with Crippen molar-refractivity contribution in [1.82, 2.24) is 15.1 Å². The van der Waals surface area contributed by atoms with E-state index in [4.69, 9.17) is 0 Å². The molecule has 0 aliphatic carbocycles. The fourth-order valence-electron chi connectivity index (χ4n) is 1.33. The second kappa shape index (κ2) is 27.1. The minimum Gasteiger partial charge on any atom is -0.359 e. The molecule has 0 saturated heterocycles. The monoisotopic (exact) mass is 472 g/mol. The van der Waals surface area contributed by atoms with Crippen molar-refractivity contribution in [2.75, 3.05) is 46.7 Å². The molecule has 196 valence electrons. The van der Waals surface area contributed by atoms with Crippen molar-refractivity contribution in [2.45, 2.75) is 63.3 Å². The Labute approximate surface area is 204 Å². The van der Waals surface area contributed by atoms with Gasteiger partial charge in [0.2, 0.25) is 23.6 Å². The number of carbonyl (C=O) groups is 4. The molecule has 4 amide bonds. The van der Waals surface area contributed by atoms with Crippen LogP contribution in [0.4, 0.5) is 5.69 Å². The summed E-state index contributed by atoms with van der Waals surface area (Å²) in [6, 6.07) is 9.56. The summed E-state index contributed by atoms with van der Waals surface area (Å²) in [5.41, 5.74) is 0.931. The second-order valence-electron chi connectivity index (χ2n) is 6.57. The van der Waals surface area contributed by atoms with Crippen LogP contribution in [0.3, 0.4) is 0 Å². The molecule has 0 radical (unpaired) electrons. The summed E-state index contributed by atoms with van der Waals surface area (Å²) in [6.45, 7) is 9.05. The zero-order valence-corrected chi connectivity index (χ0v) is 20.3. The summed E-state index contributed by atoms with van der Waals surface area (Å²) >= 11 is 0. The highest BCUT2D eigenvalue weighted by molar-refractivity contribution is 5.90. The average Bonchev–Trinajstić information content (AvgIpc) is 2.69. The molecule has 0 unspecified atom stereocenters. The van der Waals surface area contributed by atoms with Gasteiger partial charge in [-0.1, -0.05) is 47.4 Å². The Bertz CT molecular complexity index is 620. The number of carbonyl (C=O) groups excluding carboxylic acids is 4. The number of anilines is 1. The van der Waals surface area contributed by atoms with Gasteiger partial charge in [-0.25, -0.2) is 0 Å². The molecule has 1 aromatic carbocycles. The molecule has 0 aromatic heterocycles. The zero-order valence-electron chi connectivity index (χ0n) is 20.3. The summed E-state index contributed by atoms with van der Waals surface area (Å²) in [4.78, 5) is 45.9. The van der Waals surface area contributed by atoms with E-state index in [-0.39, 0.29) is 45.9 Å². The van der Waals surface area contributed by atoms with Crippen LogP contribution < -0.4 is 10.2 Å². The third kappa shape index (κ3) is 31.4. The summed E-state index contributed by atoms with van der Waals surface area (Å²) in [5.74, 6) is 0.294. The van der Waals surface area contributed by atoms with Gasteiger partial charge in [-0.05, 0) is 18.6 Å². The van der Waals surface area contributed by atoms with Crippen LogP contribution in [0.2, 0.25) is 0 Å². The van der Waals surface area contributed by atoms with Crippen molar-refractivity contribution in [3.05, 3.63) is 30.3 Å². The van der Waals surface area contributed by atoms with Crippen LogP contribution >= 0.6 is 0 Å². The van der Waals surface area contributed by atoms with E-state index in [0.717, 1.165) is 18.7 Å². The maximum Gasteiger partial charge on any atom is 0.223 e. The minimum absolute atomic E-state index is 0. The van der Waals surface area contributed by atoms with E-state index in [1.807, 2.05) is 37.4 Å². The van der Waals surface area contributed by atoms with Crippen molar-refractivity contribution < 1.29 is 19.2 Å². The smallest absolute Gasteiger partial charge is 0.223 e. The lowest BCUT2D eigenvalue weighted by atomic mass is 10.3. The molecule has 0 atom stereocenters. The Morgan fingerprint density at radius 2 is 1.12 bits per heavy atom. The number of para-hydroxylation sites is 1. The lowest BCUT2D eigenvalue weighted by molar-refractivity contribution is -0.127. The van der Waals surface area contributed by atoms with Gasteiger partial charge in [0.1, 0.15) is 0 Å². The predicted octanol–water partition coefficient (Wildman–Crippen LogP) is 4.30. The van der Waals surface area contributed by atoms with Gasteiger partial charge in [0.25, 0.3) is 0 Å². The number of amides is 4. The average molecular weight is 473 g/mol. The van der Waals surface area contributed by atoms with E-state index >= 15 is 0 Å². The van der Waals surface area contributed by atoms with E-state index < -0.39 is 0 Å². The van der Waals surface area contributed by atoms with Gasteiger partial charge in [-0.3, -0.25) is 19.2 Å². The van der Waals surface area contributed by atoms with E-state index in [9.17, 15) is 19.2 Å². The molecular formula is C25H52N4O4. The van der Waals surface area contributed by atoms with E-state index in [1.165, 1.54) is 18.7 Å². The Morgan fingerprint density at radius 1 is 0.758 bits per heavy atom. The summed E-state index contributed by atoms with van der Waals surface area (Å²) in [5, 5.41) is 2.39. The van der Waals surface area contributed by atoms with E-state index in [2.05, 4.69) is 12.2 Å². The van der Waals surface area contributed by atoms with E-state index in [1.54, 1.807) is 51.8 Å². The van der Waals surface area contributed by atoms with Gasteiger partial charge < -0.3 is 20.0 Å². The highest BCUT2D eigenvalue weighted by Crippen LogP contribution is 2.10. The van der Waals surface area contributed by atoms with Gasteiger partial charge in [-0.15, -0.1) is 0 Å². The molecule has 1 aromatic rings. The topological polar surface area (TPSA) is 90.0 Å². The predicted molar refractivity (Wildman–Crippen MR) is 143 cm³/mol. The molecular weight excluding hydrogens is 420 g/mol. The molecule has 0 saturated carbocycles. The molecule has 33 heavy (non-hydrogen) atoms. The number of nitrogens with one attached hydrogen (secondary N) is 1. The first-order valence-electron chi connectivity index (χ1n) is 9.68. The zero-order chi connectivity index (χ0) is 24.3. The number of hydrogen-bond acceptors (Lipinski definition) is 4. The van der Waals surface area contributed by atoms with Gasteiger partial charge >= 0.3 is 0 Å². The van der Waals surface area contributed by atoms with Crippen molar-refractivity contribution in [3.63, 3.8) is 0 Å². The van der Waals surface area contributed by atoms with Crippen molar-refractivity contribution >= 4 is 29.3 Å². The summed E-state index contributed by atoms with van der Waals surface area (Å²) in [6.07, 6.45) is 1.04. The molecule has 0 aliphatic heterocycles. The first kappa shape index (κ1) is 43.9. The minimum atomic E-state index is 0. The molecule has 1 rings (SSSR count). The second-order valence-corrected chi connectivity index (χ2v) is 6.57. The molecule has 0 aliphatic rings. The fourth-order valence-corrected chi connectivity index (χ4v) is 1.33. The molecule has 0 spiro atoms. The number of hydrogen-bond donors (Lipinski definition) is 1. The number of rotatable bonds is 3. The lowest BCUT2D eigenvalue weighted by Gasteiger charge is -2.13. The van der Waals surface area contributed by atoms with Crippen LogP contribution in [-0.4, -0.2) is 75.2 Å². The highest BCUT2D eigenvalue weighted by atomic mass is 16.2. The third-order valence-corrected chi connectivity index (χ3v) is 3.69. The van der Waals surface area contributed by atoms with Gasteiger partial charge in [0.05, 0.1) is 0 Å². The highest BCUT2D eigenvalue weighted by Gasteiger charge is 2.02. The Morgan fingerprint density at radius 3 is 1.30 bits per heavy atom. The van der Waals surface area contributed by atoms with Crippen molar-refractivity contribution in [1.29, 1.82) is 0 Å². The largest absolute Gasteiger partial charge is 0.359 e. The van der Waals surface area contributed by atoms with Gasteiger partial charge in [0, 0.05) is 75.2 Å². The van der Waals surface area contributed by atoms with E-state index in [0.29, 0.717) is 0 Å². The molecule has 0 heterocycles. The van der Waals surface area contributed by atoms with Crippen LogP contribution in [0.5, 0.6) is 0 Å². The molecule has 0 bridgehead atoms. The standard InChI is InChI=1S/C9H11NO.C6H13NO.C4H9NO.C3H7NO.3CH4/c1-8(11)10(2)9-6-4-3-5-7-9;1-4-5-7(3)6(2)8;1-4(6)5(2)3;1-3(5)4-2;;;/h3-7H,1-2H3;4-5H2,1-3H3;1-3H3;1-2H3,(H,4,5);3*1H4. The molecule has 8 heteroatoms.